The van der Waals surface area contributed by atoms with Gasteiger partial charge < -0.3 is 5.11 Å². The third-order valence-corrected chi connectivity index (χ3v) is 2.77. The lowest BCUT2D eigenvalue weighted by Crippen LogP contribution is -2.13. The Morgan fingerprint density at radius 3 is 3.08 bits per heavy atom. The van der Waals surface area contributed by atoms with Crippen LogP contribution in [0, 0.1) is 5.82 Å². The van der Waals surface area contributed by atoms with Crippen LogP contribution in [0.3, 0.4) is 0 Å². The Morgan fingerprint density at radius 1 is 1.46 bits per heavy atom. The van der Waals surface area contributed by atoms with Crippen molar-refractivity contribution in [3.05, 3.63) is 35.1 Å². The molecule has 0 aromatic heterocycles. The van der Waals surface area contributed by atoms with Gasteiger partial charge >= 0.3 is 0 Å². The van der Waals surface area contributed by atoms with E-state index in [9.17, 15) is 4.39 Å². The van der Waals surface area contributed by atoms with Crippen molar-refractivity contribution in [2.75, 3.05) is 6.61 Å². The van der Waals surface area contributed by atoms with Gasteiger partial charge in [0.25, 0.3) is 0 Å². The average molecular weight is 180 g/mol. The summed E-state index contributed by atoms with van der Waals surface area (Å²) in [7, 11) is 0. The summed E-state index contributed by atoms with van der Waals surface area (Å²) in [5, 5.41) is 9.11. The second-order valence-corrected chi connectivity index (χ2v) is 3.61. The Labute approximate surface area is 77.2 Å². The van der Waals surface area contributed by atoms with E-state index >= 15 is 0 Å². The van der Waals surface area contributed by atoms with Crippen molar-refractivity contribution in [3.63, 3.8) is 0 Å². The molecule has 1 N–H and O–H groups in total. The average Bonchev–Trinajstić information content (AvgIpc) is 2.17. The highest BCUT2D eigenvalue weighted by Crippen LogP contribution is 2.31. The number of hydrogen-bond acceptors (Lipinski definition) is 1. The van der Waals surface area contributed by atoms with Crippen molar-refractivity contribution in [2.45, 2.75) is 25.2 Å². The van der Waals surface area contributed by atoms with Crippen molar-refractivity contribution in [2.24, 2.45) is 0 Å². The van der Waals surface area contributed by atoms with Gasteiger partial charge in [-0.2, -0.15) is 0 Å². The molecule has 1 nitrogen and oxygen atoms in total. The van der Waals surface area contributed by atoms with E-state index in [0.29, 0.717) is 0 Å². The minimum absolute atomic E-state index is 0.135. The smallest absolute Gasteiger partial charge is 0.123 e. The van der Waals surface area contributed by atoms with E-state index in [2.05, 4.69) is 0 Å². The number of benzene rings is 1. The summed E-state index contributed by atoms with van der Waals surface area (Å²) in [6, 6.07) is 4.90. The SMILES string of the molecule is OCC1CCCc2ccc(F)cc21. The van der Waals surface area contributed by atoms with E-state index in [1.807, 2.05) is 6.07 Å². The van der Waals surface area contributed by atoms with E-state index < -0.39 is 0 Å². The highest BCUT2D eigenvalue weighted by Gasteiger charge is 2.19. The number of aliphatic hydroxyl groups is 1. The molecule has 2 heteroatoms. The largest absolute Gasteiger partial charge is 0.396 e. The fraction of sp³-hybridized carbons (Fsp3) is 0.455. The van der Waals surface area contributed by atoms with Gasteiger partial charge in [-0.1, -0.05) is 6.07 Å². The predicted octanol–water partition coefficient (Wildman–Crippen LogP) is 2.24. The summed E-state index contributed by atoms with van der Waals surface area (Å²) in [6.07, 6.45) is 3.10. The zero-order valence-electron chi connectivity index (χ0n) is 7.46. The minimum Gasteiger partial charge on any atom is -0.396 e. The highest BCUT2D eigenvalue weighted by atomic mass is 19.1. The summed E-state index contributed by atoms with van der Waals surface area (Å²) in [6.45, 7) is 0.135. The fourth-order valence-electron chi connectivity index (χ4n) is 2.06. The first-order valence-electron chi connectivity index (χ1n) is 4.70. The van der Waals surface area contributed by atoms with Gasteiger partial charge in [0, 0.05) is 12.5 Å². The minimum atomic E-state index is -0.195. The highest BCUT2D eigenvalue weighted by molar-refractivity contribution is 5.33. The number of rotatable bonds is 1. The molecule has 0 aliphatic heterocycles. The van der Waals surface area contributed by atoms with Gasteiger partial charge in [-0.3, -0.25) is 0 Å². The van der Waals surface area contributed by atoms with Crippen LogP contribution in [0.1, 0.15) is 29.9 Å². The van der Waals surface area contributed by atoms with Gasteiger partial charge in [0.2, 0.25) is 0 Å². The summed E-state index contributed by atoms with van der Waals surface area (Å²) >= 11 is 0. The van der Waals surface area contributed by atoms with Crippen LogP contribution in [-0.4, -0.2) is 11.7 Å². The molecule has 1 atom stereocenters. The van der Waals surface area contributed by atoms with E-state index in [4.69, 9.17) is 5.11 Å². The maximum absolute atomic E-state index is 12.9. The van der Waals surface area contributed by atoms with Crippen LogP contribution in [0.15, 0.2) is 18.2 Å². The van der Waals surface area contributed by atoms with Crippen LogP contribution >= 0.6 is 0 Å². The zero-order valence-corrected chi connectivity index (χ0v) is 7.46. The molecule has 0 bridgehead atoms. The van der Waals surface area contributed by atoms with Gasteiger partial charge in [0.1, 0.15) is 5.82 Å². The number of hydrogen-bond donors (Lipinski definition) is 1. The number of aryl methyl sites for hydroxylation is 1. The van der Waals surface area contributed by atoms with E-state index in [0.717, 1.165) is 24.8 Å². The molecule has 0 radical (unpaired) electrons. The molecular weight excluding hydrogens is 167 g/mol. The lowest BCUT2D eigenvalue weighted by molar-refractivity contribution is 0.252. The molecular formula is C11H13FO. The maximum Gasteiger partial charge on any atom is 0.123 e. The Morgan fingerprint density at radius 2 is 2.31 bits per heavy atom. The molecule has 0 spiro atoms. The standard InChI is InChI=1S/C11H13FO/c12-10-5-4-8-2-1-3-9(7-13)11(8)6-10/h4-6,9,13H,1-3,7H2. The van der Waals surface area contributed by atoms with Crippen molar-refractivity contribution >= 4 is 0 Å². The van der Waals surface area contributed by atoms with Gasteiger partial charge in [-0.05, 0) is 42.5 Å². The first kappa shape index (κ1) is 8.70. The van der Waals surface area contributed by atoms with Crippen molar-refractivity contribution < 1.29 is 9.50 Å². The molecule has 0 fully saturated rings. The Kier molecular flexibility index (Phi) is 2.32. The summed E-state index contributed by atoms with van der Waals surface area (Å²) in [5.74, 6) is -0.0430. The van der Waals surface area contributed by atoms with Gasteiger partial charge in [0.15, 0.2) is 0 Å². The number of aliphatic hydroxyl groups excluding tert-OH is 1. The third-order valence-electron chi connectivity index (χ3n) is 2.77. The molecule has 2 rings (SSSR count). The molecule has 1 aliphatic rings. The number of fused-ring (bicyclic) bond motifs is 1. The van der Waals surface area contributed by atoms with Crippen LogP contribution in [0.4, 0.5) is 4.39 Å². The lowest BCUT2D eigenvalue weighted by atomic mass is 9.83. The quantitative estimate of drug-likeness (QED) is 0.702. The van der Waals surface area contributed by atoms with E-state index in [-0.39, 0.29) is 18.3 Å². The fourth-order valence-corrected chi connectivity index (χ4v) is 2.06. The molecule has 1 aromatic carbocycles. The van der Waals surface area contributed by atoms with E-state index in [1.54, 1.807) is 6.07 Å². The molecule has 0 heterocycles. The molecule has 0 amide bonds. The summed E-state index contributed by atoms with van der Waals surface area (Å²) < 4.78 is 12.9. The predicted molar refractivity (Wildman–Crippen MR) is 49.2 cm³/mol. The first-order valence-corrected chi connectivity index (χ1v) is 4.70. The lowest BCUT2D eigenvalue weighted by Gasteiger charge is -2.23. The Hall–Kier alpha value is -0.890. The van der Waals surface area contributed by atoms with E-state index in [1.165, 1.54) is 11.6 Å². The Bertz CT molecular complexity index is 309. The molecule has 0 saturated carbocycles. The monoisotopic (exact) mass is 180 g/mol. The van der Waals surface area contributed by atoms with Crippen LogP contribution in [0.25, 0.3) is 0 Å². The molecule has 13 heavy (non-hydrogen) atoms. The van der Waals surface area contributed by atoms with Crippen LogP contribution in [0.5, 0.6) is 0 Å². The first-order chi connectivity index (χ1) is 6.31. The molecule has 1 aliphatic carbocycles. The van der Waals surface area contributed by atoms with Crippen LogP contribution in [-0.2, 0) is 6.42 Å². The maximum atomic E-state index is 12.9. The molecule has 1 aromatic rings. The second kappa shape index (κ2) is 3.46. The molecule has 0 saturated heterocycles. The summed E-state index contributed by atoms with van der Waals surface area (Å²) in [4.78, 5) is 0. The van der Waals surface area contributed by atoms with Crippen molar-refractivity contribution in [3.8, 4) is 0 Å². The zero-order chi connectivity index (χ0) is 9.26. The Balaban J connectivity index is 2.41. The van der Waals surface area contributed by atoms with Gasteiger partial charge in [0.05, 0.1) is 0 Å². The second-order valence-electron chi connectivity index (χ2n) is 3.61. The normalized spacial score (nSPS) is 21.2. The topological polar surface area (TPSA) is 20.2 Å². The molecule has 1 unspecified atom stereocenters. The third kappa shape index (κ3) is 1.59. The van der Waals surface area contributed by atoms with Gasteiger partial charge in [-0.15, -0.1) is 0 Å². The van der Waals surface area contributed by atoms with Crippen LogP contribution < -0.4 is 0 Å². The molecule has 70 valence electrons. The van der Waals surface area contributed by atoms with Crippen molar-refractivity contribution in [1.29, 1.82) is 0 Å². The van der Waals surface area contributed by atoms with Crippen molar-refractivity contribution in [1.82, 2.24) is 0 Å². The number of halogens is 1. The summed E-state index contributed by atoms with van der Waals surface area (Å²) in [5.41, 5.74) is 2.21. The van der Waals surface area contributed by atoms with Gasteiger partial charge in [-0.25, -0.2) is 4.39 Å². The van der Waals surface area contributed by atoms with Crippen LogP contribution in [0.2, 0.25) is 0 Å².